The highest BCUT2D eigenvalue weighted by molar-refractivity contribution is 5.94. The minimum Gasteiger partial charge on any atom is -0.508 e. The number of amides is 1. The zero-order valence-electron chi connectivity index (χ0n) is 12.1. The van der Waals surface area contributed by atoms with Gasteiger partial charge in [-0.05, 0) is 42.5 Å². The number of carbonyl (C=O) groups is 1. The number of halogens is 1. The Morgan fingerprint density at radius 3 is 2.64 bits per heavy atom. The standard InChI is InChI=1S/C17H17FN2O2/c18-16-9-19-8-7-15(16)17(22)20(10-12-1-2-12)11-13-3-5-14(21)6-4-13/h3-9,12,21H,1-2,10-11H2. The molecule has 1 aromatic carbocycles. The number of nitrogens with zero attached hydrogens (tertiary/aromatic N) is 2. The molecular formula is C17H17FN2O2. The van der Waals surface area contributed by atoms with Crippen molar-refractivity contribution in [2.45, 2.75) is 19.4 Å². The average molecular weight is 300 g/mol. The van der Waals surface area contributed by atoms with Crippen LogP contribution in [0.2, 0.25) is 0 Å². The second-order valence-corrected chi connectivity index (χ2v) is 5.65. The van der Waals surface area contributed by atoms with Gasteiger partial charge in [0.15, 0.2) is 5.82 Å². The Labute approximate surface area is 128 Å². The van der Waals surface area contributed by atoms with Crippen LogP contribution in [0.5, 0.6) is 5.75 Å². The summed E-state index contributed by atoms with van der Waals surface area (Å²) in [6.45, 7) is 1.03. The molecule has 0 radical (unpaired) electrons. The number of rotatable bonds is 5. The first kappa shape index (κ1) is 14.5. The molecular weight excluding hydrogens is 283 g/mol. The normalized spacial score (nSPS) is 13.9. The minimum absolute atomic E-state index is 0.0504. The van der Waals surface area contributed by atoms with Gasteiger partial charge in [0.2, 0.25) is 0 Å². The number of aromatic hydroxyl groups is 1. The van der Waals surface area contributed by atoms with Crippen molar-refractivity contribution in [2.75, 3.05) is 6.54 Å². The fraction of sp³-hybridized carbons (Fsp3) is 0.294. The Morgan fingerprint density at radius 2 is 2.00 bits per heavy atom. The van der Waals surface area contributed by atoms with Gasteiger partial charge in [-0.2, -0.15) is 0 Å². The molecule has 1 saturated carbocycles. The predicted molar refractivity (Wildman–Crippen MR) is 79.8 cm³/mol. The van der Waals surface area contributed by atoms with Crippen LogP contribution >= 0.6 is 0 Å². The topological polar surface area (TPSA) is 53.4 Å². The van der Waals surface area contributed by atoms with Gasteiger partial charge >= 0.3 is 0 Å². The van der Waals surface area contributed by atoms with Crippen LogP contribution in [-0.2, 0) is 6.54 Å². The lowest BCUT2D eigenvalue weighted by Gasteiger charge is -2.23. The number of hydrogen-bond donors (Lipinski definition) is 1. The number of carbonyl (C=O) groups excluding carboxylic acids is 1. The Balaban J connectivity index is 1.81. The Bertz CT molecular complexity index is 669. The van der Waals surface area contributed by atoms with E-state index in [1.807, 2.05) is 0 Å². The van der Waals surface area contributed by atoms with Crippen molar-refractivity contribution in [2.24, 2.45) is 5.92 Å². The van der Waals surface area contributed by atoms with Crippen molar-refractivity contribution < 1.29 is 14.3 Å². The lowest BCUT2D eigenvalue weighted by atomic mass is 10.1. The fourth-order valence-electron chi connectivity index (χ4n) is 2.37. The van der Waals surface area contributed by atoms with Crippen molar-refractivity contribution in [3.8, 4) is 5.75 Å². The van der Waals surface area contributed by atoms with Crippen molar-refractivity contribution in [1.29, 1.82) is 0 Å². The first-order valence-electron chi connectivity index (χ1n) is 7.30. The van der Waals surface area contributed by atoms with E-state index in [0.29, 0.717) is 19.0 Å². The monoisotopic (exact) mass is 300 g/mol. The molecule has 0 atom stereocenters. The number of benzene rings is 1. The summed E-state index contributed by atoms with van der Waals surface area (Å²) in [5, 5.41) is 9.33. The summed E-state index contributed by atoms with van der Waals surface area (Å²) < 4.78 is 13.8. The smallest absolute Gasteiger partial charge is 0.257 e. The maximum atomic E-state index is 13.8. The zero-order chi connectivity index (χ0) is 15.5. The molecule has 1 fully saturated rings. The Kier molecular flexibility index (Phi) is 4.04. The van der Waals surface area contributed by atoms with Gasteiger partial charge < -0.3 is 10.0 Å². The SMILES string of the molecule is O=C(c1ccncc1F)N(Cc1ccc(O)cc1)CC1CC1. The van der Waals surface area contributed by atoms with E-state index in [0.717, 1.165) is 24.6 Å². The van der Waals surface area contributed by atoms with Gasteiger partial charge in [-0.3, -0.25) is 9.78 Å². The lowest BCUT2D eigenvalue weighted by Crippen LogP contribution is -2.33. The number of aromatic nitrogens is 1. The van der Waals surface area contributed by atoms with Gasteiger partial charge in [0.05, 0.1) is 11.8 Å². The third-order valence-corrected chi connectivity index (χ3v) is 3.78. The van der Waals surface area contributed by atoms with Crippen LogP contribution in [0, 0.1) is 11.7 Å². The van der Waals surface area contributed by atoms with Crippen LogP contribution in [0.4, 0.5) is 4.39 Å². The fourth-order valence-corrected chi connectivity index (χ4v) is 2.37. The molecule has 22 heavy (non-hydrogen) atoms. The molecule has 1 aliphatic rings. The maximum absolute atomic E-state index is 13.8. The molecule has 1 heterocycles. The number of phenolic OH excluding ortho intramolecular Hbond substituents is 1. The van der Waals surface area contributed by atoms with Crippen LogP contribution in [0.1, 0.15) is 28.8 Å². The molecule has 2 aromatic rings. The molecule has 1 N–H and O–H groups in total. The van der Waals surface area contributed by atoms with E-state index in [2.05, 4.69) is 4.98 Å². The zero-order valence-corrected chi connectivity index (χ0v) is 12.1. The third kappa shape index (κ3) is 3.42. The molecule has 0 aliphatic heterocycles. The van der Waals surface area contributed by atoms with E-state index in [1.54, 1.807) is 29.2 Å². The van der Waals surface area contributed by atoms with E-state index >= 15 is 0 Å². The predicted octanol–water partition coefficient (Wildman–Crippen LogP) is 2.98. The molecule has 5 heteroatoms. The van der Waals surface area contributed by atoms with E-state index in [-0.39, 0.29) is 17.2 Å². The maximum Gasteiger partial charge on any atom is 0.257 e. The number of phenols is 1. The number of pyridine rings is 1. The van der Waals surface area contributed by atoms with Crippen LogP contribution < -0.4 is 0 Å². The minimum atomic E-state index is -0.598. The molecule has 114 valence electrons. The molecule has 0 bridgehead atoms. The van der Waals surface area contributed by atoms with E-state index in [9.17, 15) is 14.3 Å². The number of hydrogen-bond acceptors (Lipinski definition) is 3. The molecule has 0 unspecified atom stereocenters. The second kappa shape index (κ2) is 6.13. The van der Waals surface area contributed by atoms with Gasteiger partial charge in [0, 0.05) is 19.3 Å². The molecule has 0 saturated heterocycles. The summed E-state index contributed by atoms with van der Waals surface area (Å²) >= 11 is 0. The molecule has 1 aliphatic carbocycles. The van der Waals surface area contributed by atoms with Gasteiger partial charge in [-0.25, -0.2) is 4.39 Å². The van der Waals surface area contributed by atoms with Gasteiger partial charge in [-0.1, -0.05) is 12.1 Å². The summed E-state index contributed by atoms with van der Waals surface area (Å²) in [6, 6.07) is 8.12. The first-order chi connectivity index (χ1) is 10.6. The Hall–Kier alpha value is -2.43. The van der Waals surface area contributed by atoms with Crippen LogP contribution in [0.3, 0.4) is 0 Å². The summed E-state index contributed by atoms with van der Waals surface area (Å²) in [4.78, 5) is 18.0. The van der Waals surface area contributed by atoms with Crippen LogP contribution in [0.25, 0.3) is 0 Å². The van der Waals surface area contributed by atoms with Crippen LogP contribution in [-0.4, -0.2) is 27.4 Å². The Morgan fingerprint density at radius 1 is 1.27 bits per heavy atom. The highest BCUT2D eigenvalue weighted by Gasteiger charge is 2.28. The van der Waals surface area contributed by atoms with Gasteiger partial charge in [0.1, 0.15) is 5.75 Å². The third-order valence-electron chi connectivity index (χ3n) is 3.78. The molecule has 1 aromatic heterocycles. The highest BCUT2D eigenvalue weighted by atomic mass is 19.1. The van der Waals surface area contributed by atoms with Crippen molar-refractivity contribution in [3.05, 3.63) is 59.7 Å². The van der Waals surface area contributed by atoms with Gasteiger partial charge in [-0.15, -0.1) is 0 Å². The van der Waals surface area contributed by atoms with E-state index in [4.69, 9.17) is 0 Å². The molecule has 1 amide bonds. The summed E-state index contributed by atoms with van der Waals surface area (Å²) in [5.74, 6) is -0.228. The van der Waals surface area contributed by atoms with Crippen molar-refractivity contribution in [1.82, 2.24) is 9.88 Å². The lowest BCUT2D eigenvalue weighted by molar-refractivity contribution is 0.0730. The van der Waals surface area contributed by atoms with Crippen molar-refractivity contribution in [3.63, 3.8) is 0 Å². The molecule has 3 rings (SSSR count). The largest absolute Gasteiger partial charge is 0.508 e. The summed E-state index contributed by atoms with van der Waals surface area (Å²) in [7, 11) is 0. The van der Waals surface area contributed by atoms with E-state index in [1.165, 1.54) is 12.3 Å². The van der Waals surface area contributed by atoms with Crippen molar-refractivity contribution >= 4 is 5.91 Å². The van der Waals surface area contributed by atoms with E-state index < -0.39 is 5.82 Å². The first-order valence-corrected chi connectivity index (χ1v) is 7.30. The average Bonchev–Trinajstić information content (AvgIpc) is 3.33. The second-order valence-electron chi connectivity index (χ2n) is 5.65. The summed E-state index contributed by atoms with van der Waals surface area (Å²) in [6.07, 6.45) is 4.70. The van der Waals surface area contributed by atoms with Crippen LogP contribution in [0.15, 0.2) is 42.7 Å². The molecule has 0 spiro atoms. The van der Waals surface area contributed by atoms with Gasteiger partial charge in [0.25, 0.3) is 5.91 Å². The quantitative estimate of drug-likeness (QED) is 0.923. The summed E-state index contributed by atoms with van der Waals surface area (Å²) in [5.41, 5.74) is 0.954. The highest BCUT2D eigenvalue weighted by Crippen LogP contribution is 2.31. The molecule has 4 nitrogen and oxygen atoms in total.